The summed E-state index contributed by atoms with van der Waals surface area (Å²) in [4.78, 5) is 7.02. The molecule has 0 atom stereocenters. The molecule has 0 aliphatic carbocycles. The molecule has 0 bridgehead atoms. The van der Waals surface area contributed by atoms with Crippen LogP contribution in [0.3, 0.4) is 0 Å². The van der Waals surface area contributed by atoms with Gasteiger partial charge in [0.2, 0.25) is 0 Å². The number of anilines is 3. The first-order valence-electron chi connectivity index (χ1n) is 18.6. The van der Waals surface area contributed by atoms with E-state index in [2.05, 4.69) is 203 Å². The molecule has 7 aromatic carbocycles. The van der Waals surface area contributed by atoms with E-state index in [4.69, 9.17) is 0 Å². The first kappa shape index (κ1) is 30.7. The Balaban J connectivity index is 1.26. The second-order valence-electron chi connectivity index (χ2n) is 14.8. The summed E-state index contributed by atoms with van der Waals surface area (Å²) in [7, 11) is 0. The fraction of sp³-hybridized carbons (Fsp3) is 0.0600. The third-order valence-electron chi connectivity index (χ3n) is 11.6. The predicted octanol–water partition coefficient (Wildman–Crippen LogP) is 13.1. The van der Waals surface area contributed by atoms with Gasteiger partial charge in [-0.1, -0.05) is 123 Å². The van der Waals surface area contributed by atoms with Crippen molar-refractivity contribution in [1.82, 2.24) is 14.1 Å². The van der Waals surface area contributed by atoms with E-state index in [1.54, 1.807) is 0 Å². The summed E-state index contributed by atoms with van der Waals surface area (Å²) in [6.07, 6.45) is 3.88. The number of fused-ring (bicyclic) bond motifs is 8. The standard InChI is InChI=1S/C50H36N4/c1-50(2)39-20-6-11-25-45(39)54(46-26-12-7-21-40(46)50)48-28-14-27-47(53-42-23-9-3-17-35(42)36-18-4-10-24-43(36)53)49(48)33-15-13-16-34(31-33)52-41-22-8-5-19-37(41)38-32-51-30-29-44(38)52/h3-32H,1-2H3. The van der Waals surface area contributed by atoms with Crippen LogP contribution in [0.15, 0.2) is 182 Å². The Kier molecular flexibility index (Phi) is 6.56. The third kappa shape index (κ3) is 4.28. The minimum absolute atomic E-state index is 0.167. The lowest BCUT2D eigenvalue weighted by Crippen LogP contribution is -2.30. The van der Waals surface area contributed by atoms with Crippen LogP contribution in [-0.2, 0) is 5.41 Å². The zero-order valence-electron chi connectivity index (χ0n) is 30.1. The van der Waals surface area contributed by atoms with Crippen LogP contribution in [-0.4, -0.2) is 14.1 Å². The topological polar surface area (TPSA) is 26.0 Å². The molecule has 11 rings (SSSR count). The number of rotatable bonds is 4. The zero-order chi connectivity index (χ0) is 36.0. The van der Waals surface area contributed by atoms with Crippen LogP contribution in [0, 0.1) is 0 Å². The highest BCUT2D eigenvalue weighted by atomic mass is 15.2. The number of aromatic nitrogens is 3. The first-order valence-corrected chi connectivity index (χ1v) is 18.6. The van der Waals surface area contributed by atoms with E-state index in [0.717, 1.165) is 44.6 Å². The van der Waals surface area contributed by atoms with Crippen molar-refractivity contribution < 1.29 is 0 Å². The summed E-state index contributed by atoms with van der Waals surface area (Å²) in [5, 5.41) is 4.83. The molecule has 0 fully saturated rings. The van der Waals surface area contributed by atoms with E-state index in [0.29, 0.717) is 0 Å². The molecule has 0 N–H and O–H groups in total. The highest BCUT2D eigenvalue weighted by Gasteiger charge is 2.37. The van der Waals surface area contributed by atoms with Crippen molar-refractivity contribution in [2.75, 3.05) is 4.90 Å². The molecule has 1 aliphatic heterocycles. The summed E-state index contributed by atoms with van der Waals surface area (Å²) in [6, 6.07) is 62.1. The summed E-state index contributed by atoms with van der Waals surface area (Å²) in [6.45, 7) is 4.70. The molecule has 3 aromatic heterocycles. The number of hydrogen-bond acceptors (Lipinski definition) is 2. The average molecular weight is 693 g/mol. The number of benzene rings is 7. The minimum atomic E-state index is -0.167. The van der Waals surface area contributed by atoms with Gasteiger partial charge in [-0.25, -0.2) is 0 Å². The van der Waals surface area contributed by atoms with E-state index in [1.807, 2.05) is 12.4 Å². The number of nitrogens with zero attached hydrogens (tertiary/aromatic N) is 4. The van der Waals surface area contributed by atoms with Crippen molar-refractivity contribution in [2.45, 2.75) is 19.3 Å². The Labute approximate surface area is 313 Å². The molecule has 0 spiro atoms. The van der Waals surface area contributed by atoms with Gasteiger partial charge in [0.15, 0.2) is 0 Å². The van der Waals surface area contributed by atoms with Gasteiger partial charge in [0.05, 0.1) is 44.8 Å². The molecule has 0 saturated heterocycles. The van der Waals surface area contributed by atoms with Gasteiger partial charge in [-0.3, -0.25) is 4.98 Å². The van der Waals surface area contributed by atoms with Crippen LogP contribution in [0.25, 0.3) is 66.1 Å². The molecule has 0 radical (unpaired) electrons. The lowest BCUT2D eigenvalue weighted by atomic mass is 9.73. The Hall–Kier alpha value is -6.91. The highest BCUT2D eigenvalue weighted by Crippen LogP contribution is 2.54. The SMILES string of the molecule is CC1(C)c2ccccc2N(c2cccc(-n3c4ccccc4c4ccccc43)c2-c2cccc(-n3c4ccccc4c4cnccc43)c2)c2ccccc21. The van der Waals surface area contributed by atoms with Gasteiger partial charge < -0.3 is 14.0 Å². The number of pyridine rings is 1. The average Bonchev–Trinajstić information content (AvgIpc) is 3.74. The third-order valence-corrected chi connectivity index (χ3v) is 11.6. The minimum Gasteiger partial charge on any atom is -0.309 e. The smallest absolute Gasteiger partial charge is 0.0571 e. The van der Waals surface area contributed by atoms with Crippen molar-refractivity contribution in [3.8, 4) is 22.5 Å². The molecule has 4 heteroatoms. The maximum absolute atomic E-state index is 4.51. The molecule has 4 heterocycles. The Morgan fingerprint density at radius 2 is 0.926 bits per heavy atom. The first-order chi connectivity index (χ1) is 26.6. The van der Waals surface area contributed by atoms with E-state index in [1.165, 1.54) is 49.7 Å². The summed E-state index contributed by atoms with van der Waals surface area (Å²) in [5.41, 5.74) is 15.2. The van der Waals surface area contributed by atoms with Gasteiger partial charge in [0.25, 0.3) is 0 Å². The van der Waals surface area contributed by atoms with Crippen molar-refractivity contribution in [1.29, 1.82) is 0 Å². The van der Waals surface area contributed by atoms with Crippen LogP contribution < -0.4 is 4.90 Å². The fourth-order valence-electron chi connectivity index (χ4n) is 9.20. The van der Waals surface area contributed by atoms with Crippen molar-refractivity contribution in [3.05, 3.63) is 193 Å². The summed E-state index contributed by atoms with van der Waals surface area (Å²) < 4.78 is 4.85. The second-order valence-corrected chi connectivity index (χ2v) is 14.8. The molecule has 0 saturated carbocycles. The van der Waals surface area contributed by atoms with Gasteiger partial charge in [-0.2, -0.15) is 0 Å². The molecule has 4 nitrogen and oxygen atoms in total. The molecule has 0 unspecified atom stereocenters. The molecular formula is C50H36N4. The predicted molar refractivity (Wildman–Crippen MR) is 225 cm³/mol. The van der Waals surface area contributed by atoms with E-state index in [9.17, 15) is 0 Å². The molecule has 0 amide bonds. The number of hydrogen-bond donors (Lipinski definition) is 0. The van der Waals surface area contributed by atoms with Gasteiger partial charge in [-0.15, -0.1) is 0 Å². The zero-order valence-corrected chi connectivity index (χ0v) is 30.1. The maximum Gasteiger partial charge on any atom is 0.0571 e. The van der Waals surface area contributed by atoms with Crippen molar-refractivity contribution in [2.24, 2.45) is 0 Å². The molecular weight excluding hydrogens is 657 g/mol. The molecule has 256 valence electrons. The van der Waals surface area contributed by atoms with Crippen LogP contribution in [0.2, 0.25) is 0 Å². The molecule has 1 aliphatic rings. The lowest BCUT2D eigenvalue weighted by molar-refractivity contribution is 0.632. The molecule has 10 aromatic rings. The van der Waals surface area contributed by atoms with E-state index >= 15 is 0 Å². The van der Waals surface area contributed by atoms with Gasteiger partial charge in [0.1, 0.15) is 0 Å². The maximum atomic E-state index is 4.51. The Morgan fingerprint density at radius 3 is 1.59 bits per heavy atom. The quantitative estimate of drug-likeness (QED) is 0.183. The monoisotopic (exact) mass is 692 g/mol. The highest BCUT2D eigenvalue weighted by molar-refractivity contribution is 6.11. The Bertz CT molecular complexity index is 2950. The normalized spacial score (nSPS) is 13.5. The van der Waals surface area contributed by atoms with Crippen molar-refractivity contribution >= 4 is 60.7 Å². The van der Waals surface area contributed by atoms with Crippen LogP contribution in [0.5, 0.6) is 0 Å². The summed E-state index contributed by atoms with van der Waals surface area (Å²) >= 11 is 0. The van der Waals surface area contributed by atoms with Gasteiger partial charge in [0, 0.05) is 50.6 Å². The fourth-order valence-corrected chi connectivity index (χ4v) is 9.20. The Morgan fingerprint density at radius 1 is 0.426 bits per heavy atom. The molecule has 54 heavy (non-hydrogen) atoms. The van der Waals surface area contributed by atoms with Gasteiger partial charge >= 0.3 is 0 Å². The largest absolute Gasteiger partial charge is 0.309 e. The van der Waals surface area contributed by atoms with Gasteiger partial charge in [-0.05, 0) is 77.4 Å². The summed E-state index contributed by atoms with van der Waals surface area (Å²) in [5.74, 6) is 0. The van der Waals surface area contributed by atoms with Crippen molar-refractivity contribution in [3.63, 3.8) is 0 Å². The second kappa shape index (κ2) is 11.5. The lowest BCUT2D eigenvalue weighted by Gasteiger charge is -2.42. The van der Waals surface area contributed by atoms with Crippen LogP contribution >= 0.6 is 0 Å². The van der Waals surface area contributed by atoms with E-state index < -0.39 is 0 Å². The van der Waals surface area contributed by atoms with Crippen LogP contribution in [0.1, 0.15) is 25.0 Å². The number of para-hydroxylation sites is 5. The van der Waals surface area contributed by atoms with E-state index in [-0.39, 0.29) is 5.41 Å². The van der Waals surface area contributed by atoms with Crippen LogP contribution in [0.4, 0.5) is 17.1 Å².